The molecule has 2 rings (SSSR count). The molecule has 0 amide bonds. The predicted molar refractivity (Wildman–Crippen MR) is 114 cm³/mol. The van der Waals surface area contributed by atoms with Gasteiger partial charge in [-0.2, -0.15) is 0 Å². The fourth-order valence-electron chi connectivity index (χ4n) is 2.33. The molecule has 2 nitrogen and oxygen atoms in total. The van der Waals surface area contributed by atoms with Crippen molar-refractivity contribution in [3.05, 3.63) is 58.4 Å². The van der Waals surface area contributed by atoms with Crippen LogP contribution >= 0.6 is 11.6 Å². The first-order valence-corrected chi connectivity index (χ1v) is 9.85. The lowest BCUT2D eigenvalue weighted by atomic mass is 10.2. The van der Waals surface area contributed by atoms with Crippen molar-refractivity contribution in [3.8, 4) is 0 Å². The smallest absolute Gasteiger partial charge is 0.146 e. The summed E-state index contributed by atoms with van der Waals surface area (Å²) < 4.78 is 13.2. The Hall–Kier alpha value is -1.74. The lowest BCUT2D eigenvalue weighted by Crippen LogP contribution is -2.02. The molecule has 0 spiro atoms. The van der Waals surface area contributed by atoms with Crippen LogP contribution in [-0.2, 0) is 0 Å². The molecule has 144 valence electrons. The maximum atomic E-state index is 13.2. The average Bonchev–Trinajstić information content (AvgIpc) is 2.60. The van der Waals surface area contributed by atoms with Gasteiger partial charge in [0.15, 0.2) is 0 Å². The molecule has 2 N–H and O–H groups in total. The Labute approximate surface area is 163 Å². The zero-order valence-electron chi connectivity index (χ0n) is 16.5. The Morgan fingerprint density at radius 3 is 1.81 bits per heavy atom. The molecule has 0 unspecified atom stereocenters. The normalized spacial score (nSPS) is 10.1. The third-order valence-electron chi connectivity index (χ3n) is 3.94. The van der Waals surface area contributed by atoms with Crippen molar-refractivity contribution in [3.63, 3.8) is 0 Å². The lowest BCUT2D eigenvalue weighted by molar-refractivity contribution is 0.628. The van der Waals surface area contributed by atoms with Crippen LogP contribution in [-0.4, -0.2) is 13.1 Å². The van der Waals surface area contributed by atoms with E-state index in [1.54, 1.807) is 12.1 Å². The summed E-state index contributed by atoms with van der Waals surface area (Å²) in [6, 6.07) is 11.3. The van der Waals surface area contributed by atoms with Gasteiger partial charge in [0.25, 0.3) is 0 Å². The van der Waals surface area contributed by atoms with Gasteiger partial charge < -0.3 is 10.6 Å². The summed E-state index contributed by atoms with van der Waals surface area (Å²) in [6.07, 6.45) is 4.59. The summed E-state index contributed by atoms with van der Waals surface area (Å²) in [5.74, 6) is -0.156. The molecule has 0 fully saturated rings. The Balaban J connectivity index is 0.000000260. The second-order valence-electron chi connectivity index (χ2n) is 6.53. The van der Waals surface area contributed by atoms with Crippen molar-refractivity contribution in [2.24, 2.45) is 0 Å². The van der Waals surface area contributed by atoms with Crippen molar-refractivity contribution in [2.75, 3.05) is 23.7 Å². The van der Waals surface area contributed by atoms with E-state index in [-0.39, 0.29) is 5.82 Å². The van der Waals surface area contributed by atoms with E-state index in [0.29, 0.717) is 5.69 Å². The number of anilines is 2. The maximum Gasteiger partial charge on any atom is 0.146 e. The van der Waals surface area contributed by atoms with Gasteiger partial charge in [-0.3, -0.25) is 0 Å². The highest BCUT2D eigenvalue weighted by atomic mass is 35.5. The number of unbranched alkanes of at least 4 members (excludes halogenated alkanes) is 2. The van der Waals surface area contributed by atoms with Crippen molar-refractivity contribution >= 4 is 23.0 Å². The molecule has 2 aromatic rings. The van der Waals surface area contributed by atoms with Crippen LogP contribution < -0.4 is 10.6 Å². The molecule has 0 aliphatic rings. The lowest BCUT2D eigenvalue weighted by Gasteiger charge is -2.07. The van der Waals surface area contributed by atoms with Gasteiger partial charge in [-0.1, -0.05) is 50.4 Å². The minimum Gasteiger partial charge on any atom is -0.384 e. The van der Waals surface area contributed by atoms with Crippen LogP contribution in [0.2, 0.25) is 5.02 Å². The standard InChI is InChI=1S/C11H16ClN.C11H16FN/c2*1-3-4-7-13-11-6-5-9(2)8-10(11)12/h2*5-6,8,13H,3-4,7H2,1-2H3. The molecule has 0 atom stereocenters. The van der Waals surface area contributed by atoms with E-state index in [4.69, 9.17) is 11.6 Å². The molecule has 0 saturated carbocycles. The first kappa shape index (κ1) is 22.3. The Morgan fingerprint density at radius 2 is 1.31 bits per heavy atom. The zero-order valence-corrected chi connectivity index (χ0v) is 17.2. The van der Waals surface area contributed by atoms with Gasteiger partial charge in [-0.15, -0.1) is 0 Å². The van der Waals surface area contributed by atoms with E-state index in [2.05, 4.69) is 30.5 Å². The van der Waals surface area contributed by atoms with Crippen LogP contribution in [0.1, 0.15) is 50.7 Å². The van der Waals surface area contributed by atoms with E-state index in [9.17, 15) is 4.39 Å². The zero-order chi connectivity index (χ0) is 19.4. The van der Waals surface area contributed by atoms with Crippen LogP contribution in [0.15, 0.2) is 36.4 Å². The van der Waals surface area contributed by atoms with Gasteiger partial charge in [-0.05, 0) is 62.1 Å². The summed E-state index contributed by atoms with van der Waals surface area (Å²) in [5, 5.41) is 7.19. The summed E-state index contributed by atoms with van der Waals surface area (Å²) >= 11 is 6.05. The molecule has 0 aliphatic carbocycles. The van der Waals surface area contributed by atoms with Crippen LogP contribution in [0.4, 0.5) is 15.8 Å². The van der Waals surface area contributed by atoms with Gasteiger partial charge in [0.1, 0.15) is 5.82 Å². The molecule has 4 heteroatoms. The summed E-state index contributed by atoms with van der Waals surface area (Å²) in [4.78, 5) is 0. The Bertz CT molecular complexity index is 601. The maximum absolute atomic E-state index is 13.2. The minimum atomic E-state index is -0.156. The third kappa shape index (κ3) is 8.57. The highest BCUT2D eigenvalue weighted by Gasteiger charge is 2.00. The molecule has 0 heterocycles. The third-order valence-corrected chi connectivity index (χ3v) is 4.25. The Kier molecular flexibility index (Phi) is 10.8. The number of hydrogen-bond donors (Lipinski definition) is 2. The van der Waals surface area contributed by atoms with Crippen molar-refractivity contribution < 1.29 is 4.39 Å². The monoisotopic (exact) mass is 378 g/mol. The highest BCUT2D eigenvalue weighted by molar-refractivity contribution is 6.33. The molecular formula is C22H32ClFN2. The largest absolute Gasteiger partial charge is 0.384 e. The average molecular weight is 379 g/mol. The summed E-state index contributed by atoms with van der Waals surface area (Å²) in [5.41, 5.74) is 3.81. The van der Waals surface area contributed by atoms with E-state index < -0.39 is 0 Å². The minimum absolute atomic E-state index is 0.156. The van der Waals surface area contributed by atoms with Crippen molar-refractivity contribution in [2.45, 2.75) is 53.4 Å². The first-order chi connectivity index (χ1) is 12.5. The van der Waals surface area contributed by atoms with Crippen molar-refractivity contribution in [1.29, 1.82) is 0 Å². The van der Waals surface area contributed by atoms with Crippen LogP contribution in [0.5, 0.6) is 0 Å². The first-order valence-electron chi connectivity index (χ1n) is 9.48. The van der Waals surface area contributed by atoms with Crippen LogP contribution in [0.25, 0.3) is 0 Å². The number of nitrogens with one attached hydrogen (secondary N) is 2. The van der Waals surface area contributed by atoms with Gasteiger partial charge in [-0.25, -0.2) is 4.39 Å². The van der Waals surface area contributed by atoms with E-state index in [0.717, 1.165) is 42.2 Å². The number of halogens is 2. The summed E-state index contributed by atoms with van der Waals surface area (Å²) in [7, 11) is 0. The van der Waals surface area contributed by atoms with Crippen molar-refractivity contribution in [1.82, 2.24) is 0 Å². The Morgan fingerprint density at radius 1 is 0.808 bits per heavy atom. The van der Waals surface area contributed by atoms with Crippen LogP contribution in [0.3, 0.4) is 0 Å². The second-order valence-corrected chi connectivity index (χ2v) is 6.93. The molecule has 0 radical (unpaired) electrons. The van der Waals surface area contributed by atoms with Gasteiger partial charge >= 0.3 is 0 Å². The second kappa shape index (κ2) is 12.6. The molecule has 0 saturated heterocycles. The molecule has 2 aromatic carbocycles. The molecular weight excluding hydrogens is 347 g/mol. The fraction of sp³-hybridized carbons (Fsp3) is 0.455. The molecule has 0 aliphatic heterocycles. The van der Waals surface area contributed by atoms with Gasteiger partial charge in [0, 0.05) is 13.1 Å². The van der Waals surface area contributed by atoms with E-state index in [1.165, 1.54) is 18.4 Å². The summed E-state index contributed by atoms with van der Waals surface area (Å²) in [6.45, 7) is 10.1. The molecule has 0 bridgehead atoms. The predicted octanol–water partition coefficient (Wildman–Crippen LogP) is 7.21. The van der Waals surface area contributed by atoms with Gasteiger partial charge in [0.05, 0.1) is 16.4 Å². The molecule has 0 aromatic heterocycles. The SMILES string of the molecule is CCCCNc1ccc(C)cc1Cl.CCCCNc1ccc(C)cc1F. The van der Waals surface area contributed by atoms with E-state index >= 15 is 0 Å². The fourth-order valence-corrected chi connectivity index (χ4v) is 2.63. The highest BCUT2D eigenvalue weighted by Crippen LogP contribution is 2.22. The topological polar surface area (TPSA) is 24.1 Å². The number of rotatable bonds is 8. The van der Waals surface area contributed by atoms with Gasteiger partial charge in [0.2, 0.25) is 0 Å². The van der Waals surface area contributed by atoms with Crippen LogP contribution in [0, 0.1) is 19.7 Å². The van der Waals surface area contributed by atoms with E-state index in [1.807, 2.05) is 32.0 Å². The molecule has 26 heavy (non-hydrogen) atoms. The number of benzene rings is 2. The number of hydrogen-bond acceptors (Lipinski definition) is 2. The quantitative estimate of drug-likeness (QED) is 0.474. The number of aryl methyl sites for hydroxylation is 2.